The molecular weight excluding hydrogens is 367 g/mol. The normalized spacial score (nSPS) is 11.5. The van der Waals surface area contributed by atoms with E-state index in [1.807, 2.05) is 0 Å². The van der Waals surface area contributed by atoms with Gasteiger partial charge in [0.05, 0.1) is 5.56 Å². The van der Waals surface area contributed by atoms with Crippen LogP contribution in [0.5, 0.6) is 0 Å². The number of hydrogen-bond acceptors (Lipinski definition) is 4. The number of anilines is 1. The molecule has 7 heteroatoms. The van der Waals surface area contributed by atoms with E-state index in [9.17, 15) is 13.2 Å². The van der Waals surface area contributed by atoms with Crippen LogP contribution in [-0.2, 0) is 6.18 Å². The monoisotopic (exact) mass is 381 g/mol. The number of benzene rings is 3. The second kappa shape index (κ2) is 6.84. The van der Waals surface area contributed by atoms with E-state index in [2.05, 4.69) is 10.1 Å². The summed E-state index contributed by atoms with van der Waals surface area (Å²) in [4.78, 5) is 4.22. The predicted octanol–water partition coefficient (Wildman–Crippen LogP) is 5.67. The van der Waals surface area contributed by atoms with Crippen LogP contribution >= 0.6 is 0 Å². The Balaban J connectivity index is 1.76. The van der Waals surface area contributed by atoms with Gasteiger partial charge in [-0.3, -0.25) is 0 Å². The lowest BCUT2D eigenvalue weighted by molar-refractivity contribution is -0.137. The Morgan fingerprint density at radius 3 is 2.14 bits per heavy atom. The molecule has 0 atom stereocenters. The highest BCUT2D eigenvalue weighted by Crippen LogP contribution is 2.39. The summed E-state index contributed by atoms with van der Waals surface area (Å²) in [5.41, 5.74) is 6.90. The number of hydrogen-bond donors (Lipinski definition) is 1. The standard InChI is InChI=1S/C21H14F3N3O/c22-21(23,24)18-12-15(8-11-17(18)13-4-2-1-3-5-13)19-26-20(28-27-19)14-6-9-16(25)10-7-14/h1-12H,25H2. The molecule has 1 aromatic heterocycles. The van der Waals surface area contributed by atoms with Gasteiger partial charge in [-0.05, 0) is 41.5 Å². The van der Waals surface area contributed by atoms with Crippen molar-refractivity contribution in [1.82, 2.24) is 10.1 Å². The van der Waals surface area contributed by atoms with Gasteiger partial charge < -0.3 is 10.3 Å². The van der Waals surface area contributed by atoms with Crippen LogP contribution < -0.4 is 5.73 Å². The molecule has 0 unspecified atom stereocenters. The molecule has 140 valence electrons. The maximum absolute atomic E-state index is 13.7. The van der Waals surface area contributed by atoms with Gasteiger partial charge in [0.15, 0.2) is 0 Å². The van der Waals surface area contributed by atoms with E-state index >= 15 is 0 Å². The minimum atomic E-state index is -4.52. The lowest BCUT2D eigenvalue weighted by Gasteiger charge is -2.14. The van der Waals surface area contributed by atoms with E-state index < -0.39 is 11.7 Å². The summed E-state index contributed by atoms with van der Waals surface area (Å²) in [6, 6.07) is 19.2. The summed E-state index contributed by atoms with van der Waals surface area (Å²) >= 11 is 0. The molecule has 1 heterocycles. The van der Waals surface area contributed by atoms with Gasteiger partial charge in [-0.1, -0.05) is 47.6 Å². The highest BCUT2D eigenvalue weighted by atomic mass is 19.4. The van der Waals surface area contributed by atoms with Crippen LogP contribution in [-0.4, -0.2) is 10.1 Å². The SMILES string of the molecule is Nc1ccc(-c2nc(-c3ccc(-c4ccccc4)c(C(F)(F)F)c3)no2)cc1. The second-order valence-corrected chi connectivity index (χ2v) is 6.17. The topological polar surface area (TPSA) is 64.9 Å². The van der Waals surface area contributed by atoms with Crippen molar-refractivity contribution in [3.63, 3.8) is 0 Å². The Morgan fingerprint density at radius 1 is 0.786 bits per heavy atom. The molecule has 0 aliphatic rings. The van der Waals surface area contributed by atoms with Crippen LogP contribution in [0.2, 0.25) is 0 Å². The van der Waals surface area contributed by atoms with E-state index in [1.165, 1.54) is 6.07 Å². The summed E-state index contributed by atoms with van der Waals surface area (Å²) in [7, 11) is 0. The number of rotatable bonds is 3. The lowest BCUT2D eigenvalue weighted by atomic mass is 9.97. The molecular formula is C21H14F3N3O. The van der Waals surface area contributed by atoms with Crippen molar-refractivity contribution in [2.24, 2.45) is 0 Å². The minimum absolute atomic E-state index is 0.0805. The molecule has 0 aliphatic heterocycles. The van der Waals surface area contributed by atoms with Gasteiger partial charge in [0.1, 0.15) is 0 Å². The average Bonchev–Trinajstić information content (AvgIpc) is 3.18. The Kier molecular flexibility index (Phi) is 4.35. The third-order valence-corrected chi connectivity index (χ3v) is 4.25. The smallest absolute Gasteiger partial charge is 0.399 e. The van der Waals surface area contributed by atoms with Gasteiger partial charge in [-0.2, -0.15) is 18.2 Å². The molecule has 0 fully saturated rings. The van der Waals surface area contributed by atoms with Crippen LogP contribution in [0.4, 0.5) is 18.9 Å². The van der Waals surface area contributed by atoms with Crippen molar-refractivity contribution >= 4 is 5.69 Å². The third-order valence-electron chi connectivity index (χ3n) is 4.25. The Labute approximate surface area is 158 Å². The highest BCUT2D eigenvalue weighted by Gasteiger charge is 2.34. The summed E-state index contributed by atoms with van der Waals surface area (Å²) < 4.78 is 46.2. The second-order valence-electron chi connectivity index (χ2n) is 6.17. The van der Waals surface area contributed by atoms with E-state index in [4.69, 9.17) is 10.3 Å². The Bertz CT molecular complexity index is 1100. The molecule has 0 saturated carbocycles. The van der Waals surface area contributed by atoms with Gasteiger partial charge in [0.25, 0.3) is 5.89 Å². The fourth-order valence-corrected chi connectivity index (χ4v) is 2.87. The van der Waals surface area contributed by atoms with Crippen molar-refractivity contribution in [1.29, 1.82) is 0 Å². The van der Waals surface area contributed by atoms with Crippen LogP contribution in [0.1, 0.15) is 5.56 Å². The lowest BCUT2D eigenvalue weighted by Crippen LogP contribution is -2.07. The maximum Gasteiger partial charge on any atom is 0.417 e. The number of nitrogen functional groups attached to an aromatic ring is 1. The van der Waals surface area contributed by atoms with Crippen molar-refractivity contribution in [3.05, 3.63) is 78.4 Å². The van der Waals surface area contributed by atoms with Gasteiger partial charge >= 0.3 is 6.18 Å². The molecule has 3 aromatic carbocycles. The number of halogens is 3. The van der Waals surface area contributed by atoms with Crippen molar-refractivity contribution < 1.29 is 17.7 Å². The fourth-order valence-electron chi connectivity index (χ4n) is 2.87. The van der Waals surface area contributed by atoms with Gasteiger partial charge in [0, 0.05) is 16.8 Å². The van der Waals surface area contributed by atoms with Crippen LogP contribution in [0.25, 0.3) is 34.0 Å². The van der Waals surface area contributed by atoms with Crippen molar-refractivity contribution in [2.75, 3.05) is 5.73 Å². The molecule has 0 spiro atoms. The highest BCUT2D eigenvalue weighted by molar-refractivity contribution is 5.72. The molecule has 28 heavy (non-hydrogen) atoms. The summed E-state index contributed by atoms with van der Waals surface area (Å²) in [5, 5.41) is 3.83. The summed E-state index contributed by atoms with van der Waals surface area (Å²) in [5.74, 6) is 0.285. The van der Waals surface area contributed by atoms with Crippen molar-refractivity contribution in [3.8, 4) is 34.0 Å². The number of nitrogens with two attached hydrogens (primary N) is 1. The number of alkyl halides is 3. The van der Waals surface area contributed by atoms with E-state index in [0.717, 1.165) is 6.07 Å². The van der Waals surface area contributed by atoms with Gasteiger partial charge in [0.2, 0.25) is 5.82 Å². The zero-order valence-electron chi connectivity index (χ0n) is 14.4. The number of aromatic nitrogens is 2. The molecule has 0 bridgehead atoms. The van der Waals surface area contributed by atoms with Gasteiger partial charge in [-0.25, -0.2) is 0 Å². The molecule has 0 aliphatic carbocycles. The summed E-state index contributed by atoms with van der Waals surface area (Å²) in [6.07, 6.45) is -4.52. The van der Waals surface area contributed by atoms with E-state index in [1.54, 1.807) is 60.7 Å². The van der Waals surface area contributed by atoms with Crippen LogP contribution in [0, 0.1) is 0 Å². The fraction of sp³-hybridized carbons (Fsp3) is 0.0476. The molecule has 0 amide bonds. The first-order valence-electron chi connectivity index (χ1n) is 8.38. The van der Waals surface area contributed by atoms with E-state index in [0.29, 0.717) is 16.8 Å². The van der Waals surface area contributed by atoms with Crippen LogP contribution in [0.3, 0.4) is 0 Å². The van der Waals surface area contributed by atoms with E-state index in [-0.39, 0.29) is 22.8 Å². The van der Waals surface area contributed by atoms with Crippen LogP contribution in [0.15, 0.2) is 77.3 Å². The quantitative estimate of drug-likeness (QED) is 0.464. The number of nitrogens with zero attached hydrogens (tertiary/aromatic N) is 2. The Hall–Kier alpha value is -3.61. The zero-order valence-corrected chi connectivity index (χ0v) is 14.4. The first kappa shape index (κ1) is 17.8. The third kappa shape index (κ3) is 3.46. The zero-order chi connectivity index (χ0) is 19.7. The summed E-state index contributed by atoms with van der Waals surface area (Å²) in [6.45, 7) is 0. The molecule has 0 radical (unpaired) electrons. The van der Waals surface area contributed by atoms with Gasteiger partial charge in [-0.15, -0.1) is 0 Å². The molecule has 2 N–H and O–H groups in total. The molecule has 4 rings (SSSR count). The first-order valence-corrected chi connectivity index (χ1v) is 8.38. The Morgan fingerprint density at radius 2 is 1.46 bits per heavy atom. The van der Waals surface area contributed by atoms with Crippen molar-refractivity contribution in [2.45, 2.75) is 6.18 Å². The first-order chi connectivity index (χ1) is 13.4. The maximum atomic E-state index is 13.7. The molecule has 0 saturated heterocycles. The minimum Gasteiger partial charge on any atom is -0.399 e. The molecule has 4 nitrogen and oxygen atoms in total. The largest absolute Gasteiger partial charge is 0.417 e. The molecule has 4 aromatic rings. The average molecular weight is 381 g/mol. The predicted molar refractivity (Wildman–Crippen MR) is 100 cm³/mol.